The summed E-state index contributed by atoms with van der Waals surface area (Å²) in [6.07, 6.45) is 0.406. The maximum Gasteiger partial charge on any atom is 0.261 e. The van der Waals surface area contributed by atoms with Crippen LogP contribution in [0.1, 0.15) is 36.5 Å². The molecule has 0 spiro atoms. The van der Waals surface area contributed by atoms with Crippen molar-refractivity contribution in [3.63, 3.8) is 0 Å². The monoisotopic (exact) mass is 522 g/mol. The lowest BCUT2D eigenvalue weighted by Crippen LogP contribution is -2.51. The number of carbonyl (C=O) groups excluding carboxylic acids is 2. The highest BCUT2D eigenvalue weighted by molar-refractivity contribution is 9.10. The van der Waals surface area contributed by atoms with Gasteiger partial charge in [-0.1, -0.05) is 84.4 Å². The highest BCUT2D eigenvalue weighted by Gasteiger charge is 2.30. The number of carbonyl (C=O) groups is 2. The Morgan fingerprint density at radius 1 is 0.941 bits per heavy atom. The second-order valence-corrected chi connectivity index (χ2v) is 9.40. The molecular formula is C28H31BrN2O3. The van der Waals surface area contributed by atoms with Crippen LogP contribution in [0.25, 0.3) is 0 Å². The van der Waals surface area contributed by atoms with Crippen molar-refractivity contribution < 1.29 is 14.3 Å². The zero-order valence-corrected chi connectivity index (χ0v) is 21.4. The van der Waals surface area contributed by atoms with Gasteiger partial charge in [0, 0.05) is 24.5 Å². The van der Waals surface area contributed by atoms with Crippen LogP contribution in [0.2, 0.25) is 0 Å². The fourth-order valence-electron chi connectivity index (χ4n) is 3.73. The SMILES string of the molecule is CNC(=O)C(Cc1ccccc1)N(Cc1cccc(Br)c1)C(=O)COc1ccc(C(C)C)cc1. The zero-order valence-electron chi connectivity index (χ0n) is 19.8. The van der Waals surface area contributed by atoms with E-state index in [-0.39, 0.29) is 18.4 Å². The van der Waals surface area contributed by atoms with E-state index in [1.807, 2.05) is 78.9 Å². The van der Waals surface area contributed by atoms with E-state index in [1.54, 1.807) is 11.9 Å². The number of rotatable bonds is 10. The van der Waals surface area contributed by atoms with Crippen LogP contribution in [-0.2, 0) is 22.6 Å². The molecule has 34 heavy (non-hydrogen) atoms. The lowest BCUT2D eigenvalue weighted by atomic mass is 10.0. The van der Waals surface area contributed by atoms with E-state index in [0.717, 1.165) is 15.6 Å². The molecule has 0 saturated heterocycles. The van der Waals surface area contributed by atoms with E-state index in [2.05, 4.69) is 35.1 Å². The first-order valence-electron chi connectivity index (χ1n) is 11.4. The molecule has 0 aliphatic carbocycles. The van der Waals surface area contributed by atoms with E-state index < -0.39 is 6.04 Å². The third-order valence-electron chi connectivity index (χ3n) is 5.67. The fourth-order valence-corrected chi connectivity index (χ4v) is 4.18. The minimum Gasteiger partial charge on any atom is -0.484 e. The first kappa shape index (κ1) is 25.5. The Bertz CT molecular complexity index is 1080. The predicted octanol–water partition coefficient (Wildman–Crippen LogP) is 5.34. The van der Waals surface area contributed by atoms with Crippen molar-refractivity contribution in [2.75, 3.05) is 13.7 Å². The van der Waals surface area contributed by atoms with Gasteiger partial charge in [-0.25, -0.2) is 0 Å². The summed E-state index contributed by atoms with van der Waals surface area (Å²) in [7, 11) is 1.59. The second kappa shape index (κ2) is 12.4. The molecule has 1 N–H and O–H groups in total. The number of hydrogen-bond donors (Lipinski definition) is 1. The molecule has 1 atom stereocenters. The molecule has 6 heteroatoms. The quantitative estimate of drug-likeness (QED) is 0.391. The van der Waals surface area contributed by atoms with Gasteiger partial charge in [-0.05, 0) is 46.9 Å². The highest BCUT2D eigenvalue weighted by Crippen LogP contribution is 2.20. The predicted molar refractivity (Wildman–Crippen MR) is 139 cm³/mol. The Balaban J connectivity index is 1.84. The Labute approximate surface area is 210 Å². The topological polar surface area (TPSA) is 58.6 Å². The van der Waals surface area contributed by atoms with Crippen molar-refractivity contribution in [1.29, 1.82) is 0 Å². The summed E-state index contributed by atoms with van der Waals surface area (Å²) in [6, 6.07) is 24.6. The van der Waals surface area contributed by atoms with Crippen LogP contribution in [0, 0.1) is 0 Å². The van der Waals surface area contributed by atoms with Crippen LogP contribution in [0.15, 0.2) is 83.3 Å². The van der Waals surface area contributed by atoms with Crippen molar-refractivity contribution >= 4 is 27.7 Å². The van der Waals surface area contributed by atoms with Gasteiger partial charge in [0.05, 0.1) is 0 Å². The van der Waals surface area contributed by atoms with Gasteiger partial charge in [-0.3, -0.25) is 9.59 Å². The molecule has 0 saturated carbocycles. The summed E-state index contributed by atoms with van der Waals surface area (Å²) in [6.45, 7) is 4.39. The molecule has 0 radical (unpaired) electrons. The van der Waals surface area contributed by atoms with Crippen LogP contribution < -0.4 is 10.1 Å². The molecule has 178 valence electrons. The molecule has 0 aromatic heterocycles. The molecule has 1 unspecified atom stereocenters. The summed E-state index contributed by atoms with van der Waals surface area (Å²) in [4.78, 5) is 28.0. The molecule has 0 bridgehead atoms. The van der Waals surface area contributed by atoms with Gasteiger partial charge >= 0.3 is 0 Å². The minimum atomic E-state index is -0.675. The number of halogens is 1. The normalized spacial score (nSPS) is 11.7. The smallest absolute Gasteiger partial charge is 0.261 e. The second-order valence-electron chi connectivity index (χ2n) is 8.48. The molecule has 3 aromatic carbocycles. The molecule has 0 fully saturated rings. The van der Waals surface area contributed by atoms with Crippen LogP contribution in [-0.4, -0.2) is 36.4 Å². The molecule has 3 aromatic rings. The van der Waals surface area contributed by atoms with Crippen molar-refractivity contribution in [1.82, 2.24) is 10.2 Å². The number of ether oxygens (including phenoxy) is 1. The van der Waals surface area contributed by atoms with E-state index in [4.69, 9.17) is 4.74 Å². The van der Waals surface area contributed by atoms with E-state index in [9.17, 15) is 9.59 Å². The molecule has 2 amide bonds. The molecule has 0 aliphatic rings. The van der Waals surface area contributed by atoms with Crippen LogP contribution in [0.4, 0.5) is 0 Å². The number of hydrogen-bond acceptors (Lipinski definition) is 3. The summed E-state index contributed by atoms with van der Waals surface area (Å²) in [5.74, 6) is 0.577. The number of nitrogens with one attached hydrogen (secondary N) is 1. The van der Waals surface area contributed by atoms with Gasteiger partial charge in [-0.2, -0.15) is 0 Å². The van der Waals surface area contributed by atoms with Gasteiger partial charge in [0.1, 0.15) is 11.8 Å². The Hall–Kier alpha value is -3.12. The Kier molecular flexibility index (Phi) is 9.28. The lowest BCUT2D eigenvalue weighted by molar-refractivity contribution is -0.142. The third kappa shape index (κ3) is 7.19. The molecule has 0 aliphatic heterocycles. The van der Waals surface area contributed by atoms with E-state index in [1.165, 1.54) is 5.56 Å². The van der Waals surface area contributed by atoms with E-state index in [0.29, 0.717) is 24.6 Å². The van der Waals surface area contributed by atoms with Gasteiger partial charge in [0.2, 0.25) is 5.91 Å². The molecular weight excluding hydrogens is 492 g/mol. The summed E-state index contributed by atoms with van der Waals surface area (Å²) in [5.41, 5.74) is 3.11. The molecule has 0 heterocycles. The fraction of sp³-hybridized carbons (Fsp3) is 0.286. The van der Waals surface area contributed by atoms with Crippen molar-refractivity contribution in [3.05, 3.63) is 100 Å². The number of nitrogens with zero attached hydrogens (tertiary/aromatic N) is 1. The van der Waals surface area contributed by atoms with Crippen LogP contribution >= 0.6 is 15.9 Å². The van der Waals surface area contributed by atoms with Crippen LogP contribution in [0.5, 0.6) is 5.75 Å². The van der Waals surface area contributed by atoms with Gasteiger partial charge < -0.3 is 15.0 Å². The maximum absolute atomic E-state index is 13.4. The maximum atomic E-state index is 13.4. The highest BCUT2D eigenvalue weighted by atomic mass is 79.9. The van der Waals surface area contributed by atoms with Gasteiger partial charge in [0.25, 0.3) is 5.91 Å². The van der Waals surface area contributed by atoms with Crippen molar-refractivity contribution in [2.45, 2.75) is 38.8 Å². The Morgan fingerprint density at radius 3 is 2.24 bits per heavy atom. The summed E-state index contributed by atoms with van der Waals surface area (Å²) < 4.78 is 6.74. The summed E-state index contributed by atoms with van der Waals surface area (Å²) >= 11 is 3.49. The minimum absolute atomic E-state index is 0.155. The number of amides is 2. The molecule has 5 nitrogen and oxygen atoms in total. The average Bonchev–Trinajstić information content (AvgIpc) is 2.85. The van der Waals surface area contributed by atoms with Gasteiger partial charge in [-0.15, -0.1) is 0 Å². The largest absolute Gasteiger partial charge is 0.484 e. The van der Waals surface area contributed by atoms with Gasteiger partial charge in [0.15, 0.2) is 6.61 Å². The Morgan fingerprint density at radius 2 is 1.62 bits per heavy atom. The molecule has 3 rings (SSSR count). The third-order valence-corrected chi connectivity index (χ3v) is 6.16. The lowest BCUT2D eigenvalue weighted by Gasteiger charge is -2.31. The first-order valence-corrected chi connectivity index (χ1v) is 12.2. The van der Waals surface area contributed by atoms with Crippen molar-refractivity contribution in [2.24, 2.45) is 0 Å². The van der Waals surface area contributed by atoms with E-state index >= 15 is 0 Å². The number of likely N-dealkylation sites (N-methyl/N-ethyl adjacent to an activating group) is 1. The average molecular weight is 523 g/mol. The zero-order chi connectivity index (χ0) is 24.5. The standard InChI is InChI=1S/C28H31BrN2O3/c1-20(2)23-12-14-25(15-13-23)34-19-27(32)31(18-22-10-7-11-24(29)16-22)26(28(33)30-3)17-21-8-5-4-6-9-21/h4-16,20,26H,17-19H2,1-3H3,(H,30,33). The summed E-state index contributed by atoms with van der Waals surface area (Å²) in [5, 5.41) is 2.73. The number of benzene rings is 3. The first-order chi connectivity index (χ1) is 16.4. The van der Waals surface area contributed by atoms with Crippen LogP contribution in [0.3, 0.4) is 0 Å². The van der Waals surface area contributed by atoms with Crippen molar-refractivity contribution in [3.8, 4) is 5.75 Å².